The number of carbonyl (C=O) groups is 1. The van der Waals surface area contributed by atoms with Gasteiger partial charge in [0.1, 0.15) is 23.8 Å². The fourth-order valence-corrected chi connectivity index (χ4v) is 3.50. The van der Waals surface area contributed by atoms with Crippen molar-refractivity contribution >= 4 is 18.3 Å². The molecule has 6 nitrogen and oxygen atoms in total. The third-order valence-corrected chi connectivity index (χ3v) is 5.23. The molecule has 1 fully saturated rings. The molecule has 1 aliphatic heterocycles. The molecule has 2 aliphatic rings. The summed E-state index contributed by atoms with van der Waals surface area (Å²) < 4.78 is 11.6. The Labute approximate surface area is 165 Å². The molecule has 1 aromatic heterocycles. The summed E-state index contributed by atoms with van der Waals surface area (Å²) in [4.78, 5) is 19.6. The summed E-state index contributed by atoms with van der Waals surface area (Å²) in [5.41, 5.74) is 8.05. The lowest BCUT2D eigenvalue weighted by molar-refractivity contribution is 0.0723. The summed E-state index contributed by atoms with van der Waals surface area (Å²) in [6.45, 7) is 3.91. The van der Waals surface area contributed by atoms with Crippen LogP contribution in [0.5, 0.6) is 5.75 Å². The SMILES string of the molecule is Cc1ccc(OCCN)c(C(=O)N2CCc3oc(C4CCC4)nc3C2)c1.Cl. The van der Waals surface area contributed by atoms with E-state index in [0.717, 1.165) is 35.7 Å². The van der Waals surface area contributed by atoms with Gasteiger partial charge in [0, 0.05) is 25.4 Å². The van der Waals surface area contributed by atoms with Crippen LogP contribution >= 0.6 is 12.4 Å². The maximum atomic E-state index is 13.1. The molecule has 2 heterocycles. The largest absolute Gasteiger partial charge is 0.491 e. The Kier molecular flexibility index (Phi) is 6.07. The van der Waals surface area contributed by atoms with Crippen molar-refractivity contribution in [2.24, 2.45) is 5.73 Å². The highest BCUT2D eigenvalue weighted by Gasteiger charge is 2.31. The maximum Gasteiger partial charge on any atom is 0.257 e. The fourth-order valence-electron chi connectivity index (χ4n) is 3.50. The molecule has 146 valence electrons. The summed E-state index contributed by atoms with van der Waals surface area (Å²) in [7, 11) is 0. The Morgan fingerprint density at radius 2 is 2.22 bits per heavy atom. The third kappa shape index (κ3) is 3.96. The highest BCUT2D eigenvalue weighted by atomic mass is 35.5. The first-order valence-corrected chi connectivity index (χ1v) is 9.37. The van der Waals surface area contributed by atoms with Crippen molar-refractivity contribution in [3.8, 4) is 5.75 Å². The van der Waals surface area contributed by atoms with Crippen LogP contribution in [0.3, 0.4) is 0 Å². The van der Waals surface area contributed by atoms with Crippen molar-refractivity contribution in [3.63, 3.8) is 0 Å². The van der Waals surface area contributed by atoms with Crippen LogP contribution in [0.1, 0.15) is 58.4 Å². The standard InChI is InChI=1S/C20H25N3O3.ClH/c1-13-5-6-17(25-10-8-21)15(11-13)20(24)23-9-7-18-16(12-23)22-19(26-18)14-3-2-4-14;/h5-6,11,14H,2-4,7-10,12,21H2,1H3;1H. The molecule has 1 amide bonds. The fraction of sp³-hybridized carbons (Fsp3) is 0.500. The second-order valence-electron chi connectivity index (χ2n) is 7.16. The van der Waals surface area contributed by atoms with Gasteiger partial charge in [-0.3, -0.25) is 4.79 Å². The molecule has 0 spiro atoms. The minimum atomic E-state index is -0.0282. The number of aromatic nitrogens is 1. The number of hydrogen-bond acceptors (Lipinski definition) is 5. The summed E-state index contributed by atoms with van der Waals surface area (Å²) in [6, 6.07) is 5.67. The lowest BCUT2D eigenvalue weighted by Crippen LogP contribution is -2.36. The van der Waals surface area contributed by atoms with E-state index in [1.165, 1.54) is 6.42 Å². The zero-order valence-corrected chi connectivity index (χ0v) is 16.4. The van der Waals surface area contributed by atoms with Crippen LogP contribution in [0.25, 0.3) is 0 Å². The lowest BCUT2D eigenvalue weighted by atomic mass is 9.85. The molecule has 1 aliphatic carbocycles. The smallest absolute Gasteiger partial charge is 0.257 e. The number of fused-ring (bicyclic) bond motifs is 1. The minimum Gasteiger partial charge on any atom is -0.491 e. The number of hydrogen-bond donors (Lipinski definition) is 1. The number of amides is 1. The second-order valence-corrected chi connectivity index (χ2v) is 7.16. The van der Waals surface area contributed by atoms with Crippen LogP contribution < -0.4 is 10.5 Å². The monoisotopic (exact) mass is 391 g/mol. The van der Waals surface area contributed by atoms with Crippen molar-refractivity contribution in [3.05, 3.63) is 46.7 Å². The van der Waals surface area contributed by atoms with Crippen molar-refractivity contribution in [2.45, 2.75) is 45.1 Å². The Balaban J connectivity index is 0.00000210. The topological polar surface area (TPSA) is 81.6 Å². The van der Waals surface area contributed by atoms with Gasteiger partial charge in [-0.1, -0.05) is 18.1 Å². The van der Waals surface area contributed by atoms with Gasteiger partial charge in [-0.2, -0.15) is 0 Å². The third-order valence-electron chi connectivity index (χ3n) is 5.23. The van der Waals surface area contributed by atoms with Gasteiger partial charge < -0.3 is 19.8 Å². The first-order chi connectivity index (χ1) is 12.7. The van der Waals surface area contributed by atoms with Crippen LogP contribution in [0.4, 0.5) is 0 Å². The molecule has 0 atom stereocenters. The van der Waals surface area contributed by atoms with E-state index < -0.39 is 0 Å². The number of nitrogens with zero attached hydrogens (tertiary/aromatic N) is 2. The van der Waals surface area contributed by atoms with E-state index in [-0.39, 0.29) is 18.3 Å². The van der Waals surface area contributed by atoms with E-state index in [2.05, 4.69) is 4.98 Å². The number of rotatable bonds is 5. The Bertz CT molecular complexity index is 817. The Morgan fingerprint density at radius 3 is 2.93 bits per heavy atom. The van der Waals surface area contributed by atoms with Crippen LogP contribution in [0.15, 0.2) is 22.6 Å². The van der Waals surface area contributed by atoms with Crippen molar-refractivity contribution < 1.29 is 13.9 Å². The summed E-state index contributed by atoms with van der Waals surface area (Å²) in [6.07, 6.45) is 4.28. The molecular weight excluding hydrogens is 366 g/mol. The van der Waals surface area contributed by atoms with E-state index in [0.29, 0.717) is 49.9 Å². The molecule has 0 radical (unpaired) electrons. The van der Waals surface area contributed by atoms with Gasteiger partial charge in [-0.05, 0) is 31.9 Å². The van der Waals surface area contributed by atoms with Gasteiger partial charge in [-0.15, -0.1) is 12.4 Å². The highest BCUT2D eigenvalue weighted by molar-refractivity contribution is 5.97. The summed E-state index contributed by atoms with van der Waals surface area (Å²) >= 11 is 0. The molecule has 27 heavy (non-hydrogen) atoms. The van der Waals surface area contributed by atoms with Gasteiger partial charge in [-0.25, -0.2) is 4.98 Å². The number of aryl methyl sites for hydroxylation is 1. The van der Waals surface area contributed by atoms with Crippen molar-refractivity contribution in [1.29, 1.82) is 0 Å². The van der Waals surface area contributed by atoms with Crippen molar-refractivity contribution in [1.82, 2.24) is 9.88 Å². The molecule has 0 saturated heterocycles. The van der Waals surface area contributed by atoms with Crippen molar-refractivity contribution in [2.75, 3.05) is 19.7 Å². The number of ether oxygens (including phenoxy) is 1. The Hall–Kier alpha value is -2.05. The van der Waals surface area contributed by atoms with Gasteiger partial charge in [0.2, 0.25) is 0 Å². The molecule has 0 unspecified atom stereocenters. The van der Waals surface area contributed by atoms with Crippen LogP contribution in [0, 0.1) is 6.92 Å². The zero-order valence-electron chi connectivity index (χ0n) is 15.6. The predicted octanol–water partition coefficient (Wildman–Crippen LogP) is 3.21. The van der Waals surface area contributed by atoms with E-state index in [9.17, 15) is 4.79 Å². The van der Waals surface area contributed by atoms with Gasteiger partial charge in [0.25, 0.3) is 5.91 Å². The number of halogens is 1. The highest BCUT2D eigenvalue weighted by Crippen LogP contribution is 2.37. The zero-order chi connectivity index (χ0) is 18.1. The molecule has 2 N–H and O–H groups in total. The molecule has 1 saturated carbocycles. The van der Waals surface area contributed by atoms with Crippen LogP contribution in [0.2, 0.25) is 0 Å². The van der Waals surface area contributed by atoms with E-state index >= 15 is 0 Å². The van der Waals surface area contributed by atoms with E-state index in [1.54, 1.807) is 0 Å². The van der Waals surface area contributed by atoms with Gasteiger partial charge in [0.05, 0.1) is 12.1 Å². The van der Waals surface area contributed by atoms with Crippen LogP contribution in [-0.2, 0) is 13.0 Å². The number of oxazole rings is 1. The predicted molar refractivity (Wildman–Crippen MR) is 105 cm³/mol. The second kappa shape index (κ2) is 8.31. The molecule has 0 bridgehead atoms. The molecular formula is C20H26ClN3O3. The molecule has 2 aromatic rings. The number of nitrogens with two attached hydrogens (primary N) is 1. The van der Waals surface area contributed by atoms with Gasteiger partial charge >= 0.3 is 0 Å². The number of benzene rings is 1. The van der Waals surface area contributed by atoms with E-state index in [1.807, 2.05) is 30.0 Å². The number of carbonyl (C=O) groups excluding carboxylic acids is 1. The summed E-state index contributed by atoms with van der Waals surface area (Å²) in [5, 5.41) is 0. The lowest BCUT2D eigenvalue weighted by Gasteiger charge is -2.26. The first kappa shape index (κ1) is 19.7. The quantitative estimate of drug-likeness (QED) is 0.846. The van der Waals surface area contributed by atoms with E-state index in [4.69, 9.17) is 14.9 Å². The average Bonchev–Trinajstić information content (AvgIpc) is 3.00. The molecule has 7 heteroatoms. The first-order valence-electron chi connectivity index (χ1n) is 9.37. The van der Waals surface area contributed by atoms with Gasteiger partial charge in [0.15, 0.2) is 5.89 Å². The normalized spacial score (nSPS) is 16.3. The maximum absolute atomic E-state index is 13.1. The summed E-state index contributed by atoms with van der Waals surface area (Å²) in [5.74, 6) is 2.84. The average molecular weight is 392 g/mol. The molecule has 4 rings (SSSR count). The van der Waals surface area contributed by atoms with Crippen LogP contribution in [-0.4, -0.2) is 35.5 Å². The Morgan fingerprint density at radius 1 is 1.41 bits per heavy atom. The minimum absolute atomic E-state index is 0. The molecule has 1 aromatic carbocycles.